The molecule has 0 radical (unpaired) electrons. The number of carbonyl (C=O) groups excluding carboxylic acids is 3. The molecular formula is C36H37N3O4S. The molecule has 1 atom stereocenters. The number of ether oxygens (including phenoxy) is 1. The van der Waals surface area contributed by atoms with Gasteiger partial charge in [-0.05, 0) is 84.1 Å². The summed E-state index contributed by atoms with van der Waals surface area (Å²) >= 11 is 1.43. The van der Waals surface area contributed by atoms with Crippen LogP contribution in [-0.2, 0) is 9.59 Å². The molecule has 4 aromatic rings. The number of hydrogen-bond donors (Lipinski definition) is 3. The van der Waals surface area contributed by atoms with E-state index in [2.05, 4.69) is 29.8 Å². The van der Waals surface area contributed by atoms with Crippen LogP contribution in [0, 0.1) is 0 Å². The predicted octanol–water partition coefficient (Wildman–Crippen LogP) is 7.74. The van der Waals surface area contributed by atoms with E-state index >= 15 is 0 Å². The second-order valence-corrected chi connectivity index (χ2v) is 11.7. The highest BCUT2D eigenvalue weighted by atomic mass is 32.2. The minimum absolute atomic E-state index is 0.0689. The molecule has 0 heterocycles. The van der Waals surface area contributed by atoms with Gasteiger partial charge in [-0.2, -0.15) is 0 Å². The molecule has 4 rings (SSSR count). The Morgan fingerprint density at radius 3 is 2.23 bits per heavy atom. The Labute approximate surface area is 263 Å². The Hall–Kier alpha value is -4.82. The van der Waals surface area contributed by atoms with Gasteiger partial charge in [-0.25, -0.2) is 0 Å². The van der Waals surface area contributed by atoms with Gasteiger partial charge in [0.15, 0.2) is 0 Å². The van der Waals surface area contributed by atoms with Crippen LogP contribution in [0.25, 0.3) is 6.08 Å². The molecule has 4 aromatic carbocycles. The summed E-state index contributed by atoms with van der Waals surface area (Å²) in [4.78, 5) is 40.4. The van der Waals surface area contributed by atoms with Gasteiger partial charge in [0.2, 0.25) is 5.91 Å². The monoisotopic (exact) mass is 607 g/mol. The molecule has 0 saturated heterocycles. The molecule has 8 heteroatoms. The number of benzene rings is 4. The van der Waals surface area contributed by atoms with Crippen LogP contribution >= 0.6 is 11.8 Å². The third kappa shape index (κ3) is 9.09. The molecule has 7 nitrogen and oxygen atoms in total. The highest BCUT2D eigenvalue weighted by Crippen LogP contribution is 2.29. The summed E-state index contributed by atoms with van der Waals surface area (Å²) in [5.41, 5.74) is 3.68. The maximum Gasteiger partial charge on any atom is 0.272 e. The Morgan fingerprint density at radius 2 is 1.55 bits per heavy atom. The smallest absolute Gasteiger partial charge is 0.272 e. The molecule has 0 aromatic heterocycles. The second-order valence-electron chi connectivity index (χ2n) is 10.4. The van der Waals surface area contributed by atoms with E-state index in [1.807, 2.05) is 61.5 Å². The SMILES string of the molecule is CCC(Sc1cccc(NC(=O)/C(=C/c2cccc(OC)c2)NC(=O)c2ccccc2)c1)C(=O)Nc1ccc(C(C)C)cc1. The van der Waals surface area contributed by atoms with Crippen molar-refractivity contribution in [3.8, 4) is 5.75 Å². The lowest BCUT2D eigenvalue weighted by Crippen LogP contribution is -2.30. The van der Waals surface area contributed by atoms with Gasteiger partial charge < -0.3 is 20.7 Å². The minimum atomic E-state index is -0.492. The van der Waals surface area contributed by atoms with Crippen molar-refractivity contribution in [1.82, 2.24) is 5.32 Å². The van der Waals surface area contributed by atoms with Crippen molar-refractivity contribution in [2.24, 2.45) is 0 Å². The number of hydrogen-bond acceptors (Lipinski definition) is 5. The van der Waals surface area contributed by atoms with E-state index in [1.54, 1.807) is 61.7 Å². The molecule has 0 saturated carbocycles. The Kier molecular flexibility index (Phi) is 11.4. The molecular weight excluding hydrogens is 570 g/mol. The number of amides is 3. The fourth-order valence-electron chi connectivity index (χ4n) is 4.35. The maximum atomic E-state index is 13.5. The van der Waals surface area contributed by atoms with Crippen molar-refractivity contribution in [2.45, 2.75) is 43.3 Å². The summed E-state index contributed by atoms with van der Waals surface area (Å²) in [6, 6.07) is 31.1. The highest BCUT2D eigenvalue weighted by molar-refractivity contribution is 8.00. The first kappa shape index (κ1) is 32.1. The molecule has 1 unspecified atom stereocenters. The zero-order valence-electron chi connectivity index (χ0n) is 25.3. The summed E-state index contributed by atoms with van der Waals surface area (Å²) in [5, 5.41) is 8.33. The van der Waals surface area contributed by atoms with Gasteiger partial charge in [-0.3, -0.25) is 14.4 Å². The van der Waals surface area contributed by atoms with Crippen molar-refractivity contribution in [3.05, 3.63) is 126 Å². The number of rotatable bonds is 12. The largest absolute Gasteiger partial charge is 0.497 e. The van der Waals surface area contributed by atoms with Crippen LogP contribution in [0.15, 0.2) is 114 Å². The average molecular weight is 608 g/mol. The summed E-state index contributed by atoms with van der Waals surface area (Å²) in [6.45, 7) is 6.23. The first-order valence-corrected chi connectivity index (χ1v) is 15.3. The van der Waals surface area contributed by atoms with E-state index in [1.165, 1.54) is 17.3 Å². The number of methoxy groups -OCH3 is 1. The Balaban J connectivity index is 1.49. The van der Waals surface area contributed by atoms with Gasteiger partial charge in [0, 0.05) is 21.8 Å². The lowest BCUT2D eigenvalue weighted by atomic mass is 10.0. The Morgan fingerprint density at radius 1 is 0.818 bits per heavy atom. The van der Waals surface area contributed by atoms with Crippen molar-refractivity contribution in [2.75, 3.05) is 17.7 Å². The second kappa shape index (κ2) is 15.6. The number of thioether (sulfide) groups is 1. The van der Waals surface area contributed by atoms with Crippen molar-refractivity contribution in [3.63, 3.8) is 0 Å². The van der Waals surface area contributed by atoms with Crippen molar-refractivity contribution >= 4 is 46.9 Å². The first-order chi connectivity index (χ1) is 21.2. The average Bonchev–Trinajstić information content (AvgIpc) is 3.04. The van der Waals surface area contributed by atoms with Crippen LogP contribution in [-0.4, -0.2) is 30.1 Å². The molecule has 3 N–H and O–H groups in total. The van der Waals surface area contributed by atoms with Crippen LogP contribution in [0.2, 0.25) is 0 Å². The van der Waals surface area contributed by atoms with Gasteiger partial charge in [0.1, 0.15) is 11.4 Å². The van der Waals surface area contributed by atoms with E-state index in [0.29, 0.717) is 34.9 Å². The van der Waals surface area contributed by atoms with Gasteiger partial charge in [0.05, 0.1) is 12.4 Å². The van der Waals surface area contributed by atoms with Crippen molar-refractivity contribution < 1.29 is 19.1 Å². The number of nitrogens with one attached hydrogen (secondary N) is 3. The third-order valence-corrected chi connectivity index (χ3v) is 8.17. The third-order valence-electron chi connectivity index (χ3n) is 6.81. The van der Waals surface area contributed by atoms with Gasteiger partial charge in [-0.1, -0.05) is 69.3 Å². The molecule has 0 spiro atoms. The minimum Gasteiger partial charge on any atom is -0.497 e. The number of carbonyl (C=O) groups is 3. The van der Waals surface area contributed by atoms with Crippen LogP contribution < -0.4 is 20.7 Å². The fraction of sp³-hybridized carbons (Fsp3) is 0.194. The van der Waals surface area contributed by atoms with Crippen molar-refractivity contribution in [1.29, 1.82) is 0 Å². The van der Waals surface area contributed by atoms with E-state index in [4.69, 9.17) is 4.74 Å². The maximum absolute atomic E-state index is 13.5. The van der Waals surface area contributed by atoms with Crippen LogP contribution in [0.1, 0.15) is 54.6 Å². The topological polar surface area (TPSA) is 96.5 Å². The van der Waals surface area contributed by atoms with E-state index in [9.17, 15) is 14.4 Å². The van der Waals surface area contributed by atoms with E-state index in [-0.39, 0.29) is 16.9 Å². The standard InChI is InChI=1S/C36H37N3O4S/c1-5-33(36(42)37-28-19-17-26(18-20-28)24(2)3)44-31-16-10-14-29(23-31)38-35(41)32(22-25-11-9-15-30(21-25)43-4)39-34(40)27-12-7-6-8-13-27/h6-24,33H,5H2,1-4H3,(H,37,42)(H,38,41)(H,39,40)/b32-22-. The molecule has 0 aliphatic heterocycles. The summed E-state index contributed by atoms with van der Waals surface area (Å²) in [5.74, 6) is 0.0554. The number of anilines is 2. The molecule has 0 fully saturated rings. The first-order valence-electron chi connectivity index (χ1n) is 14.5. The molecule has 3 amide bonds. The molecule has 0 bridgehead atoms. The normalized spacial score (nSPS) is 11.9. The zero-order valence-corrected chi connectivity index (χ0v) is 26.1. The van der Waals surface area contributed by atoms with Crippen LogP contribution in [0.5, 0.6) is 5.75 Å². The van der Waals surface area contributed by atoms with E-state index in [0.717, 1.165) is 10.6 Å². The molecule has 44 heavy (non-hydrogen) atoms. The molecule has 0 aliphatic rings. The molecule has 0 aliphatic carbocycles. The summed E-state index contributed by atoms with van der Waals surface area (Å²) < 4.78 is 5.31. The lowest BCUT2D eigenvalue weighted by Gasteiger charge is -2.16. The Bertz CT molecular complexity index is 1620. The highest BCUT2D eigenvalue weighted by Gasteiger charge is 2.20. The quantitative estimate of drug-likeness (QED) is 0.113. The van der Waals surface area contributed by atoms with Gasteiger partial charge >= 0.3 is 0 Å². The van der Waals surface area contributed by atoms with Gasteiger partial charge in [0.25, 0.3) is 11.8 Å². The zero-order chi connectivity index (χ0) is 31.5. The summed E-state index contributed by atoms with van der Waals surface area (Å²) in [6.07, 6.45) is 2.22. The van der Waals surface area contributed by atoms with E-state index < -0.39 is 11.8 Å². The van der Waals surface area contributed by atoms with Crippen LogP contribution in [0.3, 0.4) is 0 Å². The molecule has 226 valence electrons. The summed E-state index contributed by atoms with van der Waals surface area (Å²) in [7, 11) is 1.56. The predicted molar refractivity (Wildman–Crippen MR) is 179 cm³/mol. The lowest BCUT2D eigenvalue weighted by molar-refractivity contribution is -0.116. The van der Waals surface area contributed by atoms with Crippen LogP contribution in [0.4, 0.5) is 11.4 Å². The fourth-order valence-corrected chi connectivity index (χ4v) is 5.36. The van der Waals surface area contributed by atoms with Gasteiger partial charge in [-0.15, -0.1) is 11.8 Å².